The van der Waals surface area contributed by atoms with Crippen molar-refractivity contribution in [2.24, 2.45) is 10.7 Å². The molecule has 1 aliphatic rings. The SMILES string of the molecule is NC1=NCC(Br)=CN1. The summed E-state index contributed by atoms with van der Waals surface area (Å²) in [6.45, 7) is 0.652. The molecule has 0 saturated carbocycles. The van der Waals surface area contributed by atoms with Crippen molar-refractivity contribution in [3.05, 3.63) is 10.7 Å². The van der Waals surface area contributed by atoms with Crippen LogP contribution in [0.4, 0.5) is 0 Å². The van der Waals surface area contributed by atoms with Crippen molar-refractivity contribution in [2.75, 3.05) is 6.54 Å². The van der Waals surface area contributed by atoms with Crippen molar-refractivity contribution in [1.82, 2.24) is 5.32 Å². The van der Waals surface area contributed by atoms with Gasteiger partial charge in [0.25, 0.3) is 0 Å². The van der Waals surface area contributed by atoms with E-state index in [4.69, 9.17) is 5.73 Å². The minimum Gasteiger partial charge on any atom is -0.370 e. The monoisotopic (exact) mass is 175 g/mol. The van der Waals surface area contributed by atoms with Crippen LogP contribution in [0.5, 0.6) is 0 Å². The van der Waals surface area contributed by atoms with E-state index in [0.717, 1.165) is 4.48 Å². The largest absolute Gasteiger partial charge is 0.370 e. The second-order valence-electron chi connectivity index (χ2n) is 1.44. The molecule has 0 atom stereocenters. The fraction of sp³-hybridized carbons (Fsp3) is 0.250. The number of nitrogens with one attached hydrogen (secondary N) is 1. The topological polar surface area (TPSA) is 50.4 Å². The number of guanidine groups is 1. The van der Waals surface area contributed by atoms with Crippen LogP contribution in [0.3, 0.4) is 0 Å². The van der Waals surface area contributed by atoms with Gasteiger partial charge in [0.1, 0.15) is 0 Å². The average Bonchev–Trinajstić information content (AvgIpc) is 1.77. The van der Waals surface area contributed by atoms with Crippen molar-refractivity contribution in [1.29, 1.82) is 0 Å². The molecule has 0 aromatic heterocycles. The molecule has 0 aromatic carbocycles. The standard InChI is InChI=1S/C4H6BrN3/c5-3-1-7-4(6)8-2-3/h1H,2H2,(H3,6,7,8). The van der Waals surface area contributed by atoms with Crippen LogP contribution < -0.4 is 11.1 Å². The Bertz CT molecular complexity index is 131. The third-order valence-electron chi connectivity index (χ3n) is 0.777. The van der Waals surface area contributed by atoms with E-state index in [1.165, 1.54) is 0 Å². The van der Waals surface area contributed by atoms with Gasteiger partial charge in [-0.05, 0) is 0 Å². The van der Waals surface area contributed by atoms with Crippen LogP contribution in [0, 0.1) is 0 Å². The van der Waals surface area contributed by atoms with Crippen LogP contribution in [0.1, 0.15) is 0 Å². The van der Waals surface area contributed by atoms with Crippen molar-refractivity contribution >= 4 is 21.9 Å². The van der Waals surface area contributed by atoms with Crippen molar-refractivity contribution in [3.63, 3.8) is 0 Å². The second kappa shape index (κ2) is 2.17. The smallest absolute Gasteiger partial charge is 0.193 e. The average molecular weight is 176 g/mol. The van der Waals surface area contributed by atoms with Crippen molar-refractivity contribution in [2.45, 2.75) is 0 Å². The van der Waals surface area contributed by atoms with Gasteiger partial charge in [0.15, 0.2) is 5.96 Å². The molecule has 0 amide bonds. The number of aliphatic imine (C=N–C) groups is 1. The van der Waals surface area contributed by atoms with Gasteiger partial charge < -0.3 is 11.1 Å². The van der Waals surface area contributed by atoms with Gasteiger partial charge >= 0.3 is 0 Å². The first-order valence-electron chi connectivity index (χ1n) is 2.20. The highest BCUT2D eigenvalue weighted by Crippen LogP contribution is 2.04. The summed E-state index contributed by atoms with van der Waals surface area (Å²) in [4.78, 5) is 3.88. The fourth-order valence-corrected chi connectivity index (χ4v) is 0.644. The lowest BCUT2D eigenvalue weighted by atomic mass is 10.5. The molecule has 1 heterocycles. The maximum atomic E-state index is 5.27. The highest BCUT2D eigenvalue weighted by atomic mass is 79.9. The fourth-order valence-electron chi connectivity index (χ4n) is 0.404. The molecule has 1 rings (SSSR count). The maximum Gasteiger partial charge on any atom is 0.193 e. The number of hydrogen-bond donors (Lipinski definition) is 2. The summed E-state index contributed by atoms with van der Waals surface area (Å²) in [5.74, 6) is 0.480. The normalized spacial score (nSPS) is 18.6. The molecule has 0 unspecified atom stereocenters. The molecule has 0 saturated heterocycles. The Kier molecular flexibility index (Phi) is 1.53. The third-order valence-corrected chi connectivity index (χ3v) is 1.26. The second-order valence-corrected chi connectivity index (χ2v) is 2.46. The van der Waals surface area contributed by atoms with E-state index in [1.54, 1.807) is 6.20 Å². The zero-order valence-corrected chi connectivity index (χ0v) is 5.77. The van der Waals surface area contributed by atoms with Crippen LogP contribution in [-0.2, 0) is 0 Å². The maximum absolute atomic E-state index is 5.27. The van der Waals surface area contributed by atoms with E-state index in [0.29, 0.717) is 12.5 Å². The number of nitrogens with two attached hydrogens (primary N) is 1. The van der Waals surface area contributed by atoms with Crippen LogP contribution in [-0.4, -0.2) is 12.5 Å². The van der Waals surface area contributed by atoms with Crippen LogP contribution in [0.15, 0.2) is 15.7 Å². The molecule has 3 N–H and O–H groups in total. The first-order valence-corrected chi connectivity index (χ1v) is 2.99. The first-order chi connectivity index (χ1) is 3.79. The van der Waals surface area contributed by atoms with Gasteiger partial charge in [-0.25, -0.2) is 4.99 Å². The van der Waals surface area contributed by atoms with Gasteiger partial charge in [0, 0.05) is 10.7 Å². The highest BCUT2D eigenvalue weighted by molar-refractivity contribution is 9.11. The molecule has 44 valence electrons. The molecular formula is C4H6BrN3. The number of hydrogen-bond acceptors (Lipinski definition) is 3. The van der Waals surface area contributed by atoms with E-state index in [1.807, 2.05) is 0 Å². The van der Waals surface area contributed by atoms with Gasteiger partial charge in [-0.15, -0.1) is 0 Å². The molecular weight excluding hydrogens is 170 g/mol. The number of rotatable bonds is 0. The molecule has 4 heteroatoms. The van der Waals surface area contributed by atoms with E-state index in [-0.39, 0.29) is 0 Å². The summed E-state index contributed by atoms with van der Waals surface area (Å²) < 4.78 is 1.02. The zero-order valence-electron chi connectivity index (χ0n) is 4.19. The quantitative estimate of drug-likeness (QED) is 0.551. The Hall–Kier alpha value is -0.510. The summed E-state index contributed by atoms with van der Waals surface area (Å²) in [6, 6.07) is 0. The lowest BCUT2D eigenvalue weighted by Crippen LogP contribution is -2.29. The van der Waals surface area contributed by atoms with E-state index >= 15 is 0 Å². The number of nitrogens with zero attached hydrogens (tertiary/aromatic N) is 1. The number of halogens is 1. The Balaban J connectivity index is 2.54. The zero-order chi connectivity index (χ0) is 5.98. The minimum absolute atomic E-state index is 0.480. The van der Waals surface area contributed by atoms with Gasteiger partial charge in [-0.3, -0.25) is 0 Å². The molecule has 0 spiro atoms. The molecule has 0 aromatic rings. The van der Waals surface area contributed by atoms with Gasteiger partial charge in [-0.2, -0.15) is 0 Å². The molecule has 0 radical (unpaired) electrons. The van der Waals surface area contributed by atoms with Crippen molar-refractivity contribution in [3.8, 4) is 0 Å². The summed E-state index contributed by atoms with van der Waals surface area (Å²) >= 11 is 3.25. The summed E-state index contributed by atoms with van der Waals surface area (Å²) in [6.07, 6.45) is 1.78. The molecule has 3 nitrogen and oxygen atoms in total. The van der Waals surface area contributed by atoms with E-state index in [9.17, 15) is 0 Å². The Labute approximate surface area is 55.8 Å². The lowest BCUT2D eigenvalue weighted by Gasteiger charge is -2.05. The van der Waals surface area contributed by atoms with Crippen LogP contribution in [0.25, 0.3) is 0 Å². The van der Waals surface area contributed by atoms with E-state index < -0.39 is 0 Å². The third kappa shape index (κ3) is 1.23. The van der Waals surface area contributed by atoms with Gasteiger partial charge in [0.2, 0.25) is 0 Å². The van der Waals surface area contributed by atoms with Gasteiger partial charge in [0.05, 0.1) is 6.54 Å². The predicted octanol–water partition coefficient (Wildman–Crippen LogP) is 0.141. The Morgan fingerprint density at radius 2 is 2.62 bits per heavy atom. The minimum atomic E-state index is 0.480. The van der Waals surface area contributed by atoms with Crippen LogP contribution in [0.2, 0.25) is 0 Å². The Morgan fingerprint density at radius 1 is 1.88 bits per heavy atom. The summed E-state index contributed by atoms with van der Waals surface area (Å²) in [5.41, 5.74) is 5.27. The molecule has 0 aliphatic carbocycles. The molecule has 1 aliphatic heterocycles. The van der Waals surface area contributed by atoms with Crippen molar-refractivity contribution < 1.29 is 0 Å². The first kappa shape index (κ1) is 5.62. The predicted molar refractivity (Wildman–Crippen MR) is 36.6 cm³/mol. The Morgan fingerprint density at radius 3 is 3.00 bits per heavy atom. The molecule has 0 fully saturated rings. The summed E-state index contributed by atoms with van der Waals surface area (Å²) in [7, 11) is 0. The lowest BCUT2D eigenvalue weighted by molar-refractivity contribution is 1.07. The molecule has 8 heavy (non-hydrogen) atoms. The van der Waals surface area contributed by atoms with Crippen LogP contribution >= 0.6 is 15.9 Å². The van der Waals surface area contributed by atoms with Gasteiger partial charge in [-0.1, -0.05) is 15.9 Å². The summed E-state index contributed by atoms with van der Waals surface area (Å²) in [5, 5.41) is 2.75. The highest BCUT2D eigenvalue weighted by Gasteiger charge is 1.96. The van der Waals surface area contributed by atoms with E-state index in [2.05, 4.69) is 26.2 Å². The molecule has 0 bridgehead atoms.